The molecule has 2 nitrogen and oxygen atoms in total. The van der Waals surface area contributed by atoms with Crippen molar-refractivity contribution in [3.63, 3.8) is 0 Å². The van der Waals surface area contributed by atoms with Crippen molar-refractivity contribution in [2.75, 3.05) is 0 Å². The second kappa shape index (κ2) is 6.51. The van der Waals surface area contributed by atoms with E-state index in [-0.39, 0.29) is 5.92 Å². The summed E-state index contributed by atoms with van der Waals surface area (Å²) in [5.41, 5.74) is 5.24. The van der Waals surface area contributed by atoms with E-state index >= 15 is 0 Å². The highest BCUT2D eigenvalue weighted by Crippen LogP contribution is 2.37. The van der Waals surface area contributed by atoms with Crippen molar-refractivity contribution in [1.82, 2.24) is 4.57 Å². The van der Waals surface area contributed by atoms with Gasteiger partial charge in [0.2, 0.25) is 0 Å². The third-order valence-electron chi connectivity index (χ3n) is 5.91. The van der Waals surface area contributed by atoms with Crippen LogP contribution in [-0.2, 0) is 11.8 Å². The van der Waals surface area contributed by atoms with Gasteiger partial charge in [0.05, 0.1) is 0 Å². The molecule has 128 valence electrons. The third-order valence-corrected chi connectivity index (χ3v) is 5.91. The van der Waals surface area contributed by atoms with E-state index < -0.39 is 0 Å². The average Bonchev–Trinajstić information content (AvgIpc) is 2.99. The minimum absolute atomic E-state index is 0.289. The van der Waals surface area contributed by atoms with Crippen molar-refractivity contribution in [3.8, 4) is 11.3 Å². The van der Waals surface area contributed by atoms with Gasteiger partial charge in [-0.2, -0.15) is 0 Å². The van der Waals surface area contributed by atoms with E-state index in [1.54, 1.807) is 6.92 Å². The topological polar surface area (TPSA) is 22.0 Å². The number of carbonyl (C=O) groups is 1. The molecule has 25 heavy (non-hydrogen) atoms. The summed E-state index contributed by atoms with van der Waals surface area (Å²) in [5, 5.41) is 1.28. The van der Waals surface area contributed by atoms with Gasteiger partial charge >= 0.3 is 0 Å². The number of Topliss-reactive ketones (excluding diaryl/α,β-unsaturated/α-hetero) is 1. The number of aromatic nitrogens is 1. The van der Waals surface area contributed by atoms with Gasteiger partial charge in [-0.3, -0.25) is 4.79 Å². The van der Waals surface area contributed by atoms with Crippen LogP contribution in [0.5, 0.6) is 0 Å². The van der Waals surface area contributed by atoms with Gasteiger partial charge in [-0.25, -0.2) is 0 Å². The number of benzene rings is 2. The number of para-hydroxylation sites is 1. The van der Waals surface area contributed by atoms with Crippen LogP contribution < -0.4 is 0 Å². The maximum absolute atomic E-state index is 11.6. The number of carbonyl (C=O) groups excluding carboxylic acids is 1. The van der Waals surface area contributed by atoms with E-state index in [2.05, 4.69) is 66.2 Å². The first-order valence-corrected chi connectivity index (χ1v) is 9.28. The number of fused-ring (bicyclic) bond motifs is 1. The second-order valence-electron chi connectivity index (χ2n) is 7.43. The quantitative estimate of drug-likeness (QED) is 0.602. The van der Waals surface area contributed by atoms with Crippen LogP contribution in [0.15, 0.2) is 54.6 Å². The molecule has 2 aromatic carbocycles. The number of hydrogen-bond acceptors (Lipinski definition) is 1. The molecule has 0 bridgehead atoms. The molecule has 0 amide bonds. The molecule has 2 heteroatoms. The second-order valence-corrected chi connectivity index (χ2v) is 7.43. The Balaban J connectivity index is 1.63. The van der Waals surface area contributed by atoms with Crippen LogP contribution in [0, 0.1) is 5.92 Å². The summed E-state index contributed by atoms with van der Waals surface area (Å²) in [5.74, 6) is 1.24. The van der Waals surface area contributed by atoms with Gasteiger partial charge in [0.25, 0.3) is 0 Å². The lowest BCUT2D eigenvalue weighted by Gasteiger charge is -2.27. The van der Waals surface area contributed by atoms with Gasteiger partial charge in [-0.1, -0.05) is 36.4 Å². The molecular weight excluding hydrogens is 306 g/mol. The molecule has 1 aromatic heterocycles. The Labute approximate surface area is 149 Å². The molecule has 3 aromatic rings. The molecule has 1 saturated carbocycles. The maximum Gasteiger partial charge on any atom is 0.132 e. The lowest BCUT2D eigenvalue weighted by molar-refractivity contribution is -0.121. The van der Waals surface area contributed by atoms with Crippen molar-refractivity contribution >= 4 is 16.7 Å². The average molecular weight is 331 g/mol. The van der Waals surface area contributed by atoms with Crippen LogP contribution in [0.3, 0.4) is 0 Å². The number of aryl methyl sites for hydroxylation is 1. The summed E-state index contributed by atoms with van der Waals surface area (Å²) in [6.45, 7) is 1.74. The van der Waals surface area contributed by atoms with Crippen molar-refractivity contribution in [2.24, 2.45) is 13.0 Å². The fraction of sp³-hybridized carbons (Fsp3) is 0.348. The fourth-order valence-electron chi connectivity index (χ4n) is 4.35. The Morgan fingerprint density at radius 3 is 2.44 bits per heavy atom. The SMILES string of the molecule is CC(=O)C1CCC(c2cccc(-c3cc4ccccc4n3C)c2)CC1. The summed E-state index contributed by atoms with van der Waals surface area (Å²) >= 11 is 0. The van der Waals surface area contributed by atoms with Crippen LogP contribution in [0.1, 0.15) is 44.1 Å². The Morgan fingerprint density at radius 1 is 0.960 bits per heavy atom. The van der Waals surface area contributed by atoms with Gasteiger partial charge in [-0.15, -0.1) is 0 Å². The highest BCUT2D eigenvalue weighted by atomic mass is 16.1. The zero-order valence-corrected chi connectivity index (χ0v) is 15.0. The highest BCUT2D eigenvalue weighted by Gasteiger charge is 2.25. The van der Waals surface area contributed by atoms with Crippen molar-refractivity contribution in [3.05, 3.63) is 60.2 Å². The van der Waals surface area contributed by atoms with Crippen LogP contribution >= 0.6 is 0 Å². The zero-order chi connectivity index (χ0) is 17.4. The van der Waals surface area contributed by atoms with E-state index in [0.29, 0.717) is 11.7 Å². The summed E-state index contributed by atoms with van der Waals surface area (Å²) in [7, 11) is 2.14. The van der Waals surface area contributed by atoms with Gasteiger partial charge in [0.15, 0.2) is 0 Å². The van der Waals surface area contributed by atoms with Crippen LogP contribution in [0.2, 0.25) is 0 Å². The minimum atomic E-state index is 0.289. The number of ketones is 1. The van der Waals surface area contributed by atoms with Gasteiger partial charge in [-0.05, 0) is 67.9 Å². The smallest absolute Gasteiger partial charge is 0.132 e. The molecule has 0 unspecified atom stereocenters. The first-order valence-electron chi connectivity index (χ1n) is 9.28. The molecule has 0 aliphatic heterocycles. The predicted molar refractivity (Wildman–Crippen MR) is 104 cm³/mol. The number of rotatable bonds is 3. The highest BCUT2D eigenvalue weighted by molar-refractivity contribution is 5.87. The lowest BCUT2D eigenvalue weighted by Crippen LogP contribution is -2.18. The normalized spacial score (nSPS) is 20.7. The van der Waals surface area contributed by atoms with Crippen LogP contribution in [0.4, 0.5) is 0 Å². The lowest BCUT2D eigenvalue weighted by atomic mass is 9.77. The van der Waals surface area contributed by atoms with E-state index in [1.165, 1.54) is 27.7 Å². The van der Waals surface area contributed by atoms with Crippen molar-refractivity contribution in [1.29, 1.82) is 0 Å². The van der Waals surface area contributed by atoms with Gasteiger partial charge < -0.3 is 4.57 Å². The Bertz CT molecular complexity index is 913. The Kier molecular flexibility index (Phi) is 4.20. The van der Waals surface area contributed by atoms with Crippen LogP contribution in [-0.4, -0.2) is 10.4 Å². The summed E-state index contributed by atoms with van der Waals surface area (Å²) < 4.78 is 2.28. The van der Waals surface area contributed by atoms with Gasteiger partial charge in [0.1, 0.15) is 5.78 Å². The molecule has 0 N–H and O–H groups in total. The zero-order valence-electron chi connectivity index (χ0n) is 15.0. The Morgan fingerprint density at radius 2 is 1.72 bits per heavy atom. The molecule has 1 aliphatic rings. The molecule has 0 saturated heterocycles. The molecule has 1 fully saturated rings. The molecular formula is C23H25NO. The Hall–Kier alpha value is -2.35. The number of nitrogens with zero attached hydrogens (tertiary/aromatic N) is 1. The van der Waals surface area contributed by atoms with Gasteiger partial charge in [0, 0.05) is 29.6 Å². The molecule has 0 radical (unpaired) electrons. The van der Waals surface area contributed by atoms with E-state index in [4.69, 9.17) is 0 Å². The summed E-state index contributed by atoms with van der Waals surface area (Å²) in [6.07, 6.45) is 4.34. The molecule has 1 heterocycles. The van der Waals surface area contributed by atoms with Crippen molar-refractivity contribution in [2.45, 2.75) is 38.5 Å². The molecule has 1 aliphatic carbocycles. The summed E-state index contributed by atoms with van der Waals surface area (Å²) in [6, 6.07) is 19.8. The third kappa shape index (κ3) is 3.02. The minimum Gasteiger partial charge on any atom is -0.344 e. The summed E-state index contributed by atoms with van der Waals surface area (Å²) in [4.78, 5) is 11.6. The van der Waals surface area contributed by atoms with Crippen LogP contribution in [0.25, 0.3) is 22.2 Å². The maximum atomic E-state index is 11.6. The molecule has 0 spiro atoms. The first-order chi connectivity index (χ1) is 12.1. The van der Waals surface area contributed by atoms with Crippen molar-refractivity contribution < 1.29 is 4.79 Å². The standard InChI is InChI=1S/C23H25NO/c1-16(25)17-10-12-18(13-11-17)19-7-5-8-20(14-19)23-15-21-6-3-4-9-22(21)24(23)2/h3-9,14-15,17-18H,10-13H2,1-2H3. The monoisotopic (exact) mass is 331 g/mol. The number of hydrogen-bond donors (Lipinski definition) is 0. The van der Waals surface area contributed by atoms with E-state index in [0.717, 1.165) is 25.7 Å². The molecule has 4 rings (SSSR count). The first kappa shape index (κ1) is 16.1. The van der Waals surface area contributed by atoms with E-state index in [9.17, 15) is 4.79 Å². The largest absolute Gasteiger partial charge is 0.344 e. The van der Waals surface area contributed by atoms with E-state index in [1.807, 2.05) is 0 Å². The predicted octanol–water partition coefficient (Wildman–Crippen LogP) is 5.71. The fourth-order valence-corrected chi connectivity index (χ4v) is 4.35. The molecule has 0 atom stereocenters.